The largest absolute Gasteiger partial charge is 0.352 e. The van der Waals surface area contributed by atoms with E-state index in [4.69, 9.17) is 0 Å². The van der Waals surface area contributed by atoms with Gasteiger partial charge in [0, 0.05) is 32.6 Å². The highest BCUT2D eigenvalue weighted by molar-refractivity contribution is 7.89. The number of sulfonamides is 1. The highest BCUT2D eigenvalue weighted by Crippen LogP contribution is 2.24. The van der Waals surface area contributed by atoms with Gasteiger partial charge < -0.3 is 10.6 Å². The number of hydrogen-bond acceptors (Lipinski definition) is 4. The normalized spacial score (nSPS) is 21.0. The Balaban J connectivity index is 2.05. The molecule has 2 amide bonds. The SMILES string of the molecule is C=CC(=O)NC1CCN(S(=O)(=O)c2ccc(CNC(C)=O)cc2)CC1C. The number of piperidine rings is 1. The van der Waals surface area contributed by atoms with Crippen LogP contribution in [-0.2, 0) is 26.2 Å². The van der Waals surface area contributed by atoms with Crippen molar-refractivity contribution in [3.05, 3.63) is 42.5 Å². The molecule has 1 aromatic carbocycles. The van der Waals surface area contributed by atoms with E-state index in [2.05, 4.69) is 17.2 Å². The van der Waals surface area contributed by atoms with Crippen LogP contribution in [0.3, 0.4) is 0 Å². The van der Waals surface area contributed by atoms with Gasteiger partial charge >= 0.3 is 0 Å². The van der Waals surface area contributed by atoms with Crippen LogP contribution in [0.5, 0.6) is 0 Å². The van der Waals surface area contributed by atoms with Crippen LogP contribution in [0.4, 0.5) is 0 Å². The van der Waals surface area contributed by atoms with E-state index in [-0.39, 0.29) is 28.7 Å². The summed E-state index contributed by atoms with van der Waals surface area (Å²) >= 11 is 0. The Bertz CT molecular complexity index is 774. The van der Waals surface area contributed by atoms with Crippen LogP contribution in [0.25, 0.3) is 0 Å². The smallest absolute Gasteiger partial charge is 0.243 e. The molecule has 2 rings (SSSR count). The van der Waals surface area contributed by atoms with Gasteiger partial charge in [-0.05, 0) is 36.1 Å². The molecule has 1 aliphatic heterocycles. The van der Waals surface area contributed by atoms with Gasteiger partial charge in [0.05, 0.1) is 4.90 Å². The molecule has 0 saturated carbocycles. The molecule has 8 heteroatoms. The second-order valence-corrected chi connectivity index (χ2v) is 8.44. The van der Waals surface area contributed by atoms with Gasteiger partial charge in [-0.1, -0.05) is 25.6 Å². The van der Waals surface area contributed by atoms with Gasteiger partial charge in [-0.15, -0.1) is 0 Å². The zero-order chi connectivity index (χ0) is 19.3. The standard InChI is InChI=1S/C18H25N3O4S/c1-4-18(23)20-17-9-10-21(12-13(17)2)26(24,25)16-7-5-15(6-8-16)11-19-14(3)22/h4-8,13,17H,1,9-12H2,2-3H3,(H,19,22)(H,20,23). The Labute approximate surface area is 154 Å². The lowest BCUT2D eigenvalue weighted by atomic mass is 9.95. The lowest BCUT2D eigenvalue weighted by Crippen LogP contribution is -2.51. The van der Waals surface area contributed by atoms with E-state index < -0.39 is 10.0 Å². The maximum atomic E-state index is 12.8. The summed E-state index contributed by atoms with van der Waals surface area (Å²) < 4.78 is 27.2. The van der Waals surface area contributed by atoms with Crippen molar-refractivity contribution in [1.29, 1.82) is 0 Å². The molecule has 1 fully saturated rings. The Morgan fingerprint density at radius 1 is 1.31 bits per heavy atom. The molecule has 26 heavy (non-hydrogen) atoms. The molecule has 2 N–H and O–H groups in total. The van der Waals surface area contributed by atoms with Crippen molar-refractivity contribution in [3.8, 4) is 0 Å². The van der Waals surface area contributed by atoms with Crippen molar-refractivity contribution < 1.29 is 18.0 Å². The molecule has 7 nitrogen and oxygen atoms in total. The second-order valence-electron chi connectivity index (χ2n) is 6.50. The van der Waals surface area contributed by atoms with Gasteiger partial charge in [0.2, 0.25) is 21.8 Å². The summed E-state index contributed by atoms with van der Waals surface area (Å²) in [5.74, 6) is -0.378. The van der Waals surface area contributed by atoms with Crippen LogP contribution in [-0.4, -0.2) is 43.7 Å². The van der Waals surface area contributed by atoms with Crippen molar-refractivity contribution in [1.82, 2.24) is 14.9 Å². The number of nitrogens with zero attached hydrogens (tertiary/aromatic N) is 1. The molecule has 0 spiro atoms. The maximum Gasteiger partial charge on any atom is 0.243 e. The summed E-state index contributed by atoms with van der Waals surface area (Å²) in [7, 11) is -3.59. The molecule has 0 bridgehead atoms. The minimum absolute atomic E-state index is 0.00136. The Hall–Kier alpha value is -2.19. The van der Waals surface area contributed by atoms with E-state index in [1.54, 1.807) is 24.3 Å². The van der Waals surface area contributed by atoms with Crippen LogP contribution in [0, 0.1) is 5.92 Å². The van der Waals surface area contributed by atoms with Crippen molar-refractivity contribution in [2.75, 3.05) is 13.1 Å². The third-order valence-corrected chi connectivity index (χ3v) is 6.36. The minimum Gasteiger partial charge on any atom is -0.352 e. The lowest BCUT2D eigenvalue weighted by Gasteiger charge is -2.36. The number of carbonyl (C=O) groups excluding carboxylic acids is 2. The number of rotatable bonds is 6. The van der Waals surface area contributed by atoms with E-state index in [0.29, 0.717) is 26.1 Å². The van der Waals surface area contributed by atoms with E-state index in [9.17, 15) is 18.0 Å². The topological polar surface area (TPSA) is 95.6 Å². The molecule has 0 radical (unpaired) electrons. The number of carbonyl (C=O) groups is 2. The average molecular weight is 379 g/mol. The number of nitrogens with one attached hydrogen (secondary N) is 2. The van der Waals surface area contributed by atoms with Gasteiger partial charge in [0.25, 0.3) is 0 Å². The fourth-order valence-electron chi connectivity index (χ4n) is 2.94. The zero-order valence-corrected chi connectivity index (χ0v) is 15.9. The summed E-state index contributed by atoms with van der Waals surface area (Å²) in [6, 6.07) is 6.45. The van der Waals surface area contributed by atoms with Crippen LogP contribution in [0.1, 0.15) is 25.8 Å². The Morgan fingerprint density at radius 3 is 2.50 bits per heavy atom. The highest BCUT2D eigenvalue weighted by Gasteiger charge is 2.33. The molecule has 1 aliphatic rings. The molecule has 1 heterocycles. The third-order valence-electron chi connectivity index (χ3n) is 4.48. The fourth-order valence-corrected chi connectivity index (χ4v) is 4.49. The Morgan fingerprint density at radius 2 is 1.96 bits per heavy atom. The molecule has 1 saturated heterocycles. The quantitative estimate of drug-likeness (QED) is 0.722. The second kappa shape index (κ2) is 8.46. The summed E-state index contributed by atoms with van der Waals surface area (Å²) in [6.45, 7) is 7.84. The van der Waals surface area contributed by atoms with Crippen molar-refractivity contribution in [2.24, 2.45) is 5.92 Å². The van der Waals surface area contributed by atoms with Crippen LogP contribution < -0.4 is 10.6 Å². The van der Waals surface area contributed by atoms with E-state index in [0.717, 1.165) is 5.56 Å². The first-order valence-corrected chi connectivity index (χ1v) is 9.94. The van der Waals surface area contributed by atoms with E-state index in [1.165, 1.54) is 17.3 Å². The number of benzene rings is 1. The predicted octanol–water partition coefficient (Wildman–Crippen LogP) is 1.02. The Kier molecular flexibility index (Phi) is 6.55. The first-order valence-electron chi connectivity index (χ1n) is 8.50. The predicted molar refractivity (Wildman–Crippen MR) is 98.6 cm³/mol. The van der Waals surface area contributed by atoms with Crippen LogP contribution >= 0.6 is 0 Å². The van der Waals surface area contributed by atoms with Gasteiger partial charge in [-0.2, -0.15) is 4.31 Å². The fraction of sp³-hybridized carbons (Fsp3) is 0.444. The summed E-state index contributed by atoms with van der Waals surface area (Å²) in [4.78, 5) is 22.6. The first-order chi connectivity index (χ1) is 12.2. The number of amides is 2. The minimum atomic E-state index is -3.59. The summed E-state index contributed by atoms with van der Waals surface area (Å²) in [5.41, 5.74) is 0.832. The molecular formula is C18H25N3O4S. The molecular weight excluding hydrogens is 354 g/mol. The third kappa shape index (κ3) is 4.92. The molecule has 0 aromatic heterocycles. The molecule has 2 unspecified atom stereocenters. The summed E-state index contributed by atoms with van der Waals surface area (Å²) in [5, 5.41) is 5.52. The van der Waals surface area contributed by atoms with Gasteiger partial charge in [0.1, 0.15) is 0 Å². The lowest BCUT2D eigenvalue weighted by molar-refractivity contribution is -0.119. The van der Waals surface area contributed by atoms with E-state index in [1.807, 2.05) is 6.92 Å². The van der Waals surface area contributed by atoms with Gasteiger partial charge in [0.15, 0.2) is 0 Å². The first kappa shape index (κ1) is 20.1. The van der Waals surface area contributed by atoms with Gasteiger partial charge in [-0.3, -0.25) is 9.59 Å². The molecule has 1 aromatic rings. The van der Waals surface area contributed by atoms with Gasteiger partial charge in [-0.25, -0.2) is 8.42 Å². The van der Waals surface area contributed by atoms with Crippen molar-refractivity contribution in [2.45, 2.75) is 37.8 Å². The maximum absolute atomic E-state index is 12.8. The van der Waals surface area contributed by atoms with Crippen LogP contribution in [0.15, 0.2) is 41.8 Å². The van der Waals surface area contributed by atoms with Crippen molar-refractivity contribution >= 4 is 21.8 Å². The zero-order valence-electron chi connectivity index (χ0n) is 15.1. The number of hydrogen-bond donors (Lipinski definition) is 2. The monoisotopic (exact) mass is 379 g/mol. The summed E-state index contributed by atoms with van der Waals surface area (Å²) in [6.07, 6.45) is 1.78. The van der Waals surface area contributed by atoms with Crippen molar-refractivity contribution in [3.63, 3.8) is 0 Å². The van der Waals surface area contributed by atoms with E-state index >= 15 is 0 Å². The molecule has 142 valence electrons. The average Bonchev–Trinajstić information content (AvgIpc) is 2.61. The van der Waals surface area contributed by atoms with Crippen LogP contribution in [0.2, 0.25) is 0 Å². The highest BCUT2D eigenvalue weighted by atomic mass is 32.2. The molecule has 0 aliphatic carbocycles. The molecule has 2 atom stereocenters.